The maximum absolute atomic E-state index is 12.7. The number of rotatable bonds is 7. The molecule has 1 N–H and O–H groups in total. The van der Waals surface area contributed by atoms with E-state index in [1.54, 1.807) is 19.3 Å². The Labute approximate surface area is 206 Å². The molecule has 32 heavy (non-hydrogen) atoms. The summed E-state index contributed by atoms with van der Waals surface area (Å²) in [6.07, 6.45) is 5.93. The van der Waals surface area contributed by atoms with E-state index in [-0.39, 0.29) is 17.5 Å². The quantitative estimate of drug-likeness (QED) is 0.313. The fourth-order valence-corrected chi connectivity index (χ4v) is 4.63. The number of carbonyl (C=O) groups excluding carboxylic acids is 1. The number of benzene rings is 2. The maximum atomic E-state index is 12.7. The monoisotopic (exact) mass is 560 g/mol. The second kappa shape index (κ2) is 11.5. The van der Waals surface area contributed by atoms with E-state index >= 15 is 0 Å². The average Bonchev–Trinajstić information content (AvgIpc) is 2.79. The number of nitriles is 1. The molecule has 1 aliphatic rings. The molecule has 2 atom stereocenters. The van der Waals surface area contributed by atoms with Gasteiger partial charge in [-0.1, -0.05) is 47.8 Å². The third-order valence-corrected chi connectivity index (χ3v) is 6.77. The van der Waals surface area contributed by atoms with Crippen LogP contribution in [0.25, 0.3) is 6.08 Å². The van der Waals surface area contributed by atoms with Gasteiger partial charge in [-0.25, -0.2) is 0 Å². The molecule has 0 unspecified atom stereocenters. The smallest absolute Gasteiger partial charge is 0.262 e. The van der Waals surface area contributed by atoms with Crippen molar-refractivity contribution in [2.45, 2.75) is 45.3 Å². The zero-order valence-corrected chi connectivity index (χ0v) is 21.3. The van der Waals surface area contributed by atoms with Crippen molar-refractivity contribution in [1.82, 2.24) is 5.32 Å². The first-order valence-electron chi connectivity index (χ1n) is 10.6. The summed E-state index contributed by atoms with van der Waals surface area (Å²) in [4.78, 5) is 12.7. The van der Waals surface area contributed by atoms with Crippen LogP contribution >= 0.6 is 31.9 Å². The summed E-state index contributed by atoms with van der Waals surface area (Å²) >= 11 is 6.96. The summed E-state index contributed by atoms with van der Waals surface area (Å²) in [7, 11) is 1.56. The number of hydrogen-bond donors (Lipinski definition) is 1. The van der Waals surface area contributed by atoms with Gasteiger partial charge in [0.15, 0.2) is 11.5 Å². The van der Waals surface area contributed by atoms with E-state index in [1.807, 2.05) is 36.4 Å². The van der Waals surface area contributed by atoms with Crippen LogP contribution in [0.1, 0.15) is 43.7 Å². The summed E-state index contributed by atoms with van der Waals surface area (Å²) in [5, 5.41) is 12.6. The van der Waals surface area contributed by atoms with Crippen molar-refractivity contribution in [2.24, 2.45) is 5.92 Å². The van der Waals surface area contributed by atoms with E-state index in [4.69, 9.17) is 9.47 Å². The Hall–Kier alpha value is -2.30. The van der Waals surface area contributed by atoms with E-state index < -0.39 is 0 Å². The molecule has 0 saturated heterocycles. The first-order valence-corrected chi connectivity index (χ1v) is 12.2. The van der Waals surface area contributed by atoms with Crippen LogP contribution in [0.5, 0.6) is 11.5 Å². The number of nitrogens with one attached hydrogen (secondary N) is 1. The van der Waals surface area contributed by atoms with Crippen LogP contribution in [-0.2, 0) is 11.4 Å². The van der Waals surface area contributed by atoms with Gasteiger partial charge in [-0.2, -0.15) is 5.26 Å². The van der Waals surface area contributed by atoms with Crippen LogP contribution in [0.4, 0.5) is 0 Å². The molecule has 168 valence electrons. The molecule has 1 aliphatic carbocycles. The Bertz CT molecular complexity index is 1030. The molecule has 1 fully saturated rings. The first kappa shape index (κ1) is 24.3. The normalized spacial score (nSPS) is 18.5. The SMILES string of the molecule is COc1cc(/C=C(\C#N)C(=O)N[C@@H]2CCCC[C@H]2C)cc(Br)c1OCc1ccc(Br)cc1. The van der Waals surface area contributed by atoms with E-state index in [2.05, 4.69) is 44.1 Å². The van der Waals surface area contributed by atoms with E-state index in [9.17, 15) is 10.1 Å². The van der Waals surface area contributed by atoms with Crippen LogP contribution in [-0.4, -0.2) is 19.1 Å². The molecule has 0 aliphatic heterocycles. The first-order chi connectivity index (χ1) is 15.4. The standard InChI is InChI=1S/C25H26Br2N2O3/c1-16-5-3-4-6-22(16)29-25(30)19(14-28)11-18-12-21(27)24(23(13-18)31-2)32-15-17-7-9-20(26)10-8-17/h7-13,16,22H,3-6,15H2,1-2H3,(H,29,30)/b19-11+/t16-,22-/m1/s1. The molecule has 0 heterocycles. The molecule has 5 nitrogen and oxygen atoms in total. The molecular formula is C25H26Br2N2O3. The molecule has 0 aromatic heterocycles. The Morgan fingerprint density at radius 3 is 2.59 bits per heavy atom. The van der Waals surface area contributed by atoms with Gasteiger partial charge in [0, 0.05) is 10.5 Å². The highest BCUT2D eigenvalue weighted by Crippen LogP contribution is 2.38. The zero-order chi connectivity index (χ0) is 23.1. The van der Waals surface area contributed by atoms with Crippen molar-refractivity contribution in [3.63, 3.8) is 0 Å². The van der Waals surface area contributed by atoms with E-state index in [0.717, 1.165) is 29.3 Å². The number of ether oxygens (including phenoxy) is 2. The maximum Gasteiger partial charge on any atom is 0.262 e. The molecular weight excluding hydrogens is 536 g/mol. The van der Waals surface area contributed by atoms with Crippen LogP contribution in [0, 0.1) is 17.2 Å². The van der Waals surface area contributed by atoms with Crippen LogP contribution in [0.2, 0.25) is 0 Å². The third-order valence-electron chi connectivity index (χ3n) is 5.65. The zero-order valence-electron chi connectivity index (χ0n) is 18.2. The minimum Gasteiger partial charge on any atom is -0.493 e. The van der Waals surface area contributed by atoms with Gasteiger partial charge >= 0.3 is 0 Å². The summed E-state index contributed by atoms with van der Waals surface area (Å²) in [5.74, 6) is 1.16. The van der Waals surface area contributed by atoms with Crippen molar-refractivity contribution in [3.8, 4) is 17.6 Å². The van der Waals surface area contributed by atoms with Gasteiger partial charge in [0.25, 0.3) is 5.91 Å². The fourth-order valence-electron chi connectivity index (χ4n) is 3.79. The van der Waals surface area contributed by atoms with Crippen LogP contribution in [0.3, 0.4) is 0 Å². The second-order valence-corrected chi connectivity index (χ2v) is 9.73. The van der Waals surface area contributed by atoms with Crippen molar-refractivity contribution in [1.29, 1.82) is 5.26 Å². The van der Waals surface area contributed by atoms with Crippen molar-refractivity contribution >= 4 is 43.8 Å². The van der Waals surface area contributed by atoms with E-state index in [0.29, 0.717) is 34.1 Å². The molecule has 2 aromatic rings. The Morgan fingerprint density at radius 1 is 1.22 bits per heavy atom. The number of carbonyl (C=O) groups is 1. The molecule has 1 saturated carbocycles. The number of methoxy groups -OCH3 is 1. The van der Waals surface area contributed by atoms with Gasteiger partial charge in [0.05, 0.1) is 11.6 Å². The van der Waals surface area contributed by atoms with Crippen LogP contribution in [0.15, 0.2) is 50.9 Å². The molecule has 2 aromatic carbocycles. The number of nitrogens with zero attached hydrogens (tertiary/aromatic N) is 1. The third kappa shape index (κ3) is 6.36. The Kier molecular flexibility index (Phi) is 8.77. The predicted molar refractivity (Wildman–Crippen MR) is 132 cm³/mol. The molecule has 1 amide bonds. The molecule has 7 heteroatoms. The highest BCUT2D eigenvalue weighted by atomic mass is 79.9. The van der Waals surface area contributed by atoms with Crippen molar-refractivity contribution < 1.29 is 14.3 Å². The molecule has 0 bridgehead atoms. The topological polar surface area (TPSA) is 71.3 Å². The van der Waals surface area contributed by atoms with Gasteiger partial charge in [-0.05, 0) is 76.2 Å². The van der Waals surface area contributed by atoms with Crippen molar-refractivity contribution in [2.75, 3.05) is 7.11 Å². The lowest BCUT2D eigenvalue weighted by atomic mass is 9.86. The van der Waals surface area contributed by atoms with Gasteiger partial charge in [0.2, 0.25) is 0 Å². The molecule has 0 spiro atoms. The molecule has 3 rings (SSSR count). The Balaban J connectivity index is 1.77. The number of hydrogen-bond acceptors (Lipinski definition) is 4. The number of halogens is 2. The average molecular weight is 562 g/mol. The lowest BCUT2D eigenvalue weighted by Gasteiger charge is -2.29. The predicted octanol–water partition coefficient (Wildman–Crippen LogP) is 6.40. The van der Waals surface area contributed by atoms with Gasteiger partial charge in [0.1, 0.15) is 18.2 Å². The fraction of sp³-hybridized carbons (Fsp3) is 0.360. The minimum atomic E-state index is -0.336. The van der Waals surface area contributed by atoms with Crippen molar-refractivity contribution in [3.05, 3.63) is 62.0 Å². The molecule has 0 radical (unpaired) electrons. The lowest BCUT2D eigenvalue weighted by molar-refractivity contribution is -0.118. The van der Waals surface area contributed by atoms with E-state index in [1.165, 1.54) is 6.42 Å². The highest BCUT2D eigenvalue weighted by molar-refractivity contribution is 9.10. The van der Waals surface area contributed by atoms with Gasteiger partial charge < -0.3 is 14.8 Å². The van der Waals surface area contributed by atoms with Gasteiger partial charge in [-0.3, -0.25) is 4.79 Å². The van der Waals surface area contributed by atoms with Crippen LogP contribution < -0.4 is 14.8 Å². The lowest BCUT2D eigenvalue weighted by Crippen LogP contribution is -2.41. The highest BCUT2D eigenvalue weighted by Gasteiger charge is 2.24. The summed E-state index contributed by atoms with van der Waals surface area (Å²) < 4.78 is 13.2. The van der Waals surface area contributed by atoms with Gasteiger partial charge in [-0.15, -0.1) is 0 Å². The summed E-state index contributed by atoms with van der Waals surface area (Å²) in [6, 6.07) is 13.6. The largest absolute Gasteiger partial charge is 0.493 e. The minimum absolute atomic E-state index is 0.0697. The Morgan fingerprint density at radius 2 is 1.94 bits per heavy atom. The number of amides is 1. The summed E-state index contributed by atoms with van der Waals surface area (Å²) in [6.45, 7) is 2.53. The second-order valence-electron chi connectivity index (χ2n) is 7.96. The summed E-state index contributed by atoms with van der Waals surface area (Å²) in [5.41, 5.74) is 1.76.